The third-order valence-electron chi connectivity index (χ3n) is 4.11. The smallest absolute Gasteiger partial charge is 0.0879 e. The quantitative estimate of drug-likeness (QED) is 0.718. The van der Waals surface area contributed by atoms with Crippen LogP contribution in [0.15, 0.2) is 0 Å². The maximum Gasteiger partial charge on any atom is 0.0879 e. The van der Waals surface area contributed by atoms with Gasteiger partial charge in [0.15, 0.2) is 0 Å². The van der Waals surface area contributed by atoms with Gasteiger partial charge in [0.25, 0.3) is 0 Å². The fourth-order valence-electron chi connectivity index (χ4n) is 3.16. The molecule has 1 saturated heterocycles. The van der Waals surface area contributed by atoms with E-state index in [9.17, 15) is 10.4 Å². The van der Waals surface area contributed by atoms with Crippen molar-refractivity contribution in [1.29, 1.82) is 5.26 Å². The molecule has 0 aromatic heterocycles. The van der Waals surface area contributed by atoms with E-state index in [0.717, 1.165) is 25.7 Å². The van der Waals surface area contributed by atoms with Crippen molar-refractivity contribution in [2.75, 3.05) is 6.61 Å². The number of nitrogens with zero attached hydrogens (tertiary/aromatic N) is 1. The van der Waals surface area contributed by atoms with Gasteiger partial charge in [-0.3, -0.25) is 0 Å². The van der Waals surface area contributed by atoms with E-state index in [1.54, 1.807) is 0 Å². The molecule has 2 fully saturated rings. The molecule has 1 heterocycles. The summed E-state index contributed by atoms with van der Waals surface area (Å²) >= 11 is 0. The second-order valence-corrected chi connectivity index (χ2v) is 5.07. The Morgan fingerprint density at radius 3 is 2.53 bits per heavy atom. The first kappa shape index (κ1) is 10.9. The second-order valence-electron chi connectivity index (χ2n) is 5.07. The molecule has 1 aliphatic heterocycles. The SMILES string of the molecule is CC1CC(O)(C2(C#N)CCCC2)CCO1. The highest BCUT2D eigenvalue weighted by Crippen LogP contribution is 2.50. The van der Waals surface area contributed by atoms with Crippen LogP contribution in [0.25, 0.3) is 0 Å². The summed E-state index contributed by atoms with van der Waals surface area (Å²) in [6.45, 7) is 2.56. The third kappa shape index (κ3) is 1.66. The third-order valence-corrected chi connectivity index (χ3v) is 4.11. The van der Waals surface area contributed by atoms with Gasteiger partial charge in [0.1, 0.15) is 0 Å². The number of rotatable bonds is 1. The normalized spacial score (nSPS) is 39.9. The standard InChI is InChI=1S/C12H19NO2/c1-10-8-12(14,6-7-15-10)11(9-13)4-2-3-5-11/h10,14H,2-8H2,1H3. The van der Waals surface area contributed by atoms with Crippen LogP contribution in [-0.2, 0) is 4.74 Å². The van der Waals surface area contributed by atoms with E-state index < -0.39 is 11.0 Å². The predicted octanol–water partition coefficient (Wildman–Crippen LogP) is 2.00. The number of nitriles is 1. The Bertz CT molecular complexity index is 278. The minimum atomic E-state index is -0.810. The van der Waals surface area contributed by atoms with Gasteiger partial charge < -0.3 is 9.84 Å². The van der Waals surface area contributed by atoms with Crippen molar-refractivity contribution in [3.8, 4) is 6.07 Å². The van der Waals surface area contributed by atoms with E-state index in [2.05, 4.69) is 6.07 Å². The summed E-state index contributed by atoms with van der Waals surface area (Å²) in [5.41, 5.74) is -1.30. The van der Waals surface area contributed by atoms with Gasteiger partial charge in [-0.05, 0) is 19.8 Å². The first-order chi connectivity index (χ1) is 7.12. The van der Waals surface area contributed by atoms with Crippen LogP contribution < -0.4 is 0 Å². The van der Waals surface area contributed by atoms with Crippen molar-refractivity contribution in [2.24, 2.45) is 5.41 Å². The molecular formula is C12H19NO2. The van der Waals surface area contributed by atoms with Gasteiger partial charge in [0.05, 0.1) is 23.2 Å². The Kier molecular flexibility index (Phi) is 2.74. The van der Waals surface area contributed by atoms with Gasteiger partial charge in [-0.2, -0.15) is 5.26 Å². The van der Waals surface area contributed by atoms with Gasteiger partial charge in [-0.15, -0.1) is 0 Å². The van der Waals surface area contributed by atoms with Crippen molar-refractivity contribution < 1.29 is 9.84 Å². The Morgan fingerprint density at radius 1 is 1.33 bits per heavy atom. The summed E-state index contributed by atoms with van der Waals surface area (Å²) in [5.74, 6) is 0. The van der Waals surface area contributed by atoms with Gasteiger partial charge in [0.2, 0.25) is 0 Å². The molecule has 3 heteroatoms. The molecule has 2 atom stereocenters. The van der Waals surface area contributed by atoms with Gasteiger partial charge >= 0.3 is 0 Å². The monoisotopic (exact) mass is 209 g/mol. The molecule has 2 unspecified atom stereocenters. The topological polar surface area (TPSA) is 53.2 Å². The van der Waals surface area contributed by atoms with Crippen molar-refractivity contribution in [2.45, 2.75) is 57.2 Å². The van der Waals surface area contributed by atoms with Gasteiger partial charge in [-0.25, -0.2) is 0 Å². The fourth-order valence-corrected chi connectivity index (χ4v) is 3.16. The zero-order valence-electron chi connectivity index (χ0n) is 9.33. The number of hydrogen-bond acceptors (Lipinski definition) is 3. The number of hydrogen-bond donors (Lipinski definition) is 1. The minimum absolute atomic E-state index is 0.0783. The van der Waals surface area contributed by atoms with Crippen LogP contribution in [0, 0.1) is 16.7 Å². The Morgan fingerprint density at radius 2 is 2.00 bits per heavy atom. The predicted molar refractivity (Wildman–Crippen MR) is 56.1 cm³/mol. The molecule has 15 heavy (non-hydrogen) atoms. The van der Waals surface area contributed by atoms with Crippen LogP contribution in [0.5, 0.6) is 0 Å². The lowest BCUT2D eigenvalue weighted by atomic mass is 9.66. The average molecular weight is 209 g/mol. The first-order valence-corrected chi connectivity index (χ1v) is 5.87. The van der Waals surface area contributed by atoms with Gasteiger partial charge in [0, 0.05) is 19.4 Å². The van der Waals surface area contributed by atoms with E-state index in [4.69, 9.17) is 4.74 Å². The molecule has 0 aromatic carbocycles. The molecule has 0 aromatic rings. The summed E-state index contributed by atoms with van der Waals surface area (Å²) in [7, 11) is 0. The molecule has 0 radical (unpaired) electrons. The molecule has 1 aliphatic carbocycles. The molecule has 1 N–H and O–H groups in total. The van der Waals surface area contributed by atoms with Crippen molar-refractivity contribution >= 4 is 0 Å². The van der Waals surface area contributed by atoms with Crippen LogP contribution >= 0.6 is 0 Å². The van der Waals surface area contributed by atoms with Crippen molar-refractivity contribution in [3.05, 3.63) is 0 Å². The molecule has 0 amide bonds. The molecule has 0 bridgehead atoms. The lowest BCUT2D eigenvalue weighted by molar-refractivity contribution is -0.146. The molecule has 0 spiro atoms. The van der Waals surface area contributed by atoms with Gasteiger partial charge in [-0.1, -0.05) is 12.8 Å². The number of ether oxygens (including phenoxy) is 1. The Hall–Kier alpha value is -0.590. The first-order valence-electron chi connectivity index (χ1n) is 5.87. The summed E-state index contributed by atoms with van der Waals surface area (Å²) in [6, 6.07) is 2.40. The van der Waals surface area contributed by atoms with Crippen LogP contribution in [0.4, 0.5) is 0 Å². The molecule has 1 saturated carbocycles. The minimum Gasteiger partial charge on any atom is -0.388 e. The maximum absolute atomic E-state index is 10.7. The van der Waals surface area contributed by atoms with Crippen LogP contribution in [0.2, 0.25) is 0 Å². The van der Waals surface area contributed by atoms with E-state index in [1.165, 1.54) is 0 Å². The molecular weight excluding hydrogens is 190 g/mol. The molecule has 84 valence electrons. The summed E-state index contributed by atoms with van der Waals surface area (Å²) in [6.07, 6.45) is 5.16. The highest BCUT2D eigenvalue weighted by atomic mass is 16.5. The molecule has 3 nitrogen and oxygen atoms in total. The van der Waals surface area contributed by atoms with Crippen LogP contribution in [0.3, 0.4) is 0 Å². The largest absolute Gasteiger partial charge is 0.388 e. The summed E-state index contributed by atoms with van der Waals surface area (Å²) in [4.78, 5) is 0. The van der Waals surface area contributed by atoms with E-state index in [-0.39, 0.29) is 6.10 Å². The Labute approximate surface area is 91.0 Å². The second kappa shape index (κ2) is 3.77. The highest BCUT2D eigenvalue weighted by molar-refractivity contribution is 5.14. The number of aliphatic hydroxyl groups is 1. The summed E-state index contributed by atoms with van der Waals surface area (Å²) < 4.78 is 5.45. The Balaban J connectivity index is 2.22. The summed E-state index contributed by atoms with van der Waals surface area (Å²) in [5, 5.41) is 20.1. The highest BCUT2D eigenvalue weighted by Gasteiger charge is 2.53. The van der Waals surface area contributed by atoms with E-state index in [0.29, 0.717) is 19.4 Å². The zero-order valence-corrected chi connectivity index (χ0v) is 9.33. The fraction of sp³-hybridized carbons (Fsp3) is 0.917. The lowest BCUT2D eigenvalue weighted by Gasteiger charge is -2.44. The molecule has 2 rings (SSSR count). The van der Waals surface area contributed by atoms with Crippen LogP contribution in [-0.4, -0.2) is 23.4 Å². The van der Waals surface area contributed by atoms with E-state index in [1.807, 2.05) is 6.92 Å². The van der Waals surface area contributed by atoms with Crippen molar-refractivity contribution in [1.82, 2.24) is 0 Å². The molecule has 2 aliphatic rings. The zero-order chi connectivity index (χ0) is 10.9. The van der Waals surface area contributed by atoms with Crippen molar-refractivity contribution in [3.63, 3.8) is 0 Å². The van der Waals surface area contributed by atoms with Crippen LogP contribution in [0.1, 0.15) is 45.4 Å². The lowest BCUT2D eigenvalue weighted by Crippen LogP contribution is -2.51. The maximum atomic E-state index is 10.7. The average Bonchev–Trinajstić information content (AvgIpc) is 2.67. The van der Waals surface area contributed by atoms with E-state index >= 15 is 0 Å².